The number of benzene rings is 1. The molecule has 1 aromatic carbocycles. The molecule has 0 unspecified atom stereocenters. The Morgan fingerprint density at radius 3 is 2.05 bits per heavy atom. The average molecular weight is 284 g/mol. The van der Waals surface area contributed by atoms with Crippen LogP contribution in [0.15, 0.2) is 41.5 Å². The summed E-state index contributed by atoms with van der Waals surface area (Å²) in [5, 5.41) is 0. The lowest BCUT2D eigenvalue weighted by atomic mass is 9.73. The molecular weight excluding hydrogens is 256 g/mol. The van der Waals surface area contributed by atoms with Crippen molar-refractivity contribution in [1.29, 1.82) is 0 Å². The molecule has 1 heteroatoms. The Bertz CT molecular complexity index is 595. The van der Waals surface area contributed by atoms with Gasteiger partial charge in [0.15, 0.2) is 0 Å². The minimum atomic E-state index is -0.0130. The summed E-state index contributed by atoms with van der Waals surface area (Å²) in [6, 6.07) is 6.56. The summed E-state index contributed by atoms with van der Waals surface area (Å²) in [7, 11) is 1.79. The Balaban J connectivity index is 2.54. The second-order valence-corrected chi connectivity index (χ2v) is 7.64. The maximum Gasteiger partial charge on any atom is 0.126 e. The van der Waals surface area contributed by atoms with Crippen LogP contribution in [0.3, 0.4) is 0 Å². The summed E-state index contributed by atoms with van der Waals surface area (Å²) in [5.41, 5.74) is 5.52. The van der Waals surface area contributed by atoms with E-state index in [1.54, 1.807) is 7.11 Å². The van der Waals surface area contributed by atoms with E-state index in [0.717, 1.165) is 12.2 Å². The first-order valence-corrected chi connectivity index (χ1v) is 7.72. The summed E-state index contributed by atoms with van der Waals surface area (Å²) in [5.74, 6) is 1.04. The van der Waals surface area contributed by atoms with E-state index in [0.29, 0.717) is 0 Å². The number of hydrogen-bond acceptors (Lipinski definition) is 1. The number of para-hydroxylation sites is 1. The summed E-state index contributed by atoms with van der Waals surface area (Å²) < 4.78 is 5.83. The molecule has 1 aliphatic carbocycles. The Morgan fingerprint density at radius 2 is 1.57 bits per heavy atom. The molecule has 0 heterocycles. The SMILES string of the molecule is COc1c(C(C)(C)C)cccc1C(C)(C)C1=CC=C(C)C1. The van der Waals surface area contributed by atoms with Crippen LogP contribution >= 0.6 is 0 Å². The van der Waals surface area contributed by atoms with Crippen molar-refractivity contribution < 1.29 is 4.74 Å². The average Bonchev–Trinajstić information content (AvgIpc) is 2.84. The summed E-state index contributed by atoms with van der Waals surface area (Å²) in [6.45, 7) is 13.5. The highest BCUT2D eigenvalue weighted by Gasteiger charge is 2.32. The minimum absolute atomic E-state index is 0.0130. The largest absolute Gasteiger partial charge is 0.496 e. The normalized spacial score (nSPS) is 15.8. The quantitative estimate of drug-likeness (QED) is 0.707. The Hall–Kier alpha value is -1.50. The molecule has 0 saturated heterocycles. The van der Waals surface area contributed by atoms with Crippen molar-refractivity contribution in [2.24, 2.45) is 0 Å². The molecular formula is C20H28O. The standard InChI is InChI=1S/C20H28O/c1-14-11-12-15(13-14)20(5,6)17-10-8-9-16(18(17)21-7)19(2,3)4/h8-12H,13H2,1-7H3. The predicted octanol–water partition coefficient (Wildman–Crippen LogP) is 5.55. The van der Waals surface area contributed by atoms with E-state index in [9.17, 15) is 0 Å². The van der Waals surface area contributed by atoms with Crippen LogP contribution in [-0.2, 0) is 10.8 Å². The van der Waals surface area contributed by atoms with Crippen molar-refractivity contribution in [3.63, 3.8) is 0 Å². The molecule has 0 aromatic heterocycles. The highest BCUT2D eigenvalue weighted by atomic mass is 16.5. The molecule has 1 aliphatic rings. The van der Waals surface area contributed by atoms with Crippen LogP contribution in [0.25, 0.3) is 0 Å². The van der Waals surface area contributed by atoms with Crippen LogP contribution < -0.4 is 4.74 Å². The number of methoxy groups -OCH3 is 1. The van der Waals surface area contributed by atoms with E-state index in [2.05, 4.69) is 71.9 Å². The fourth-order valence-corrected chi connectivity index (χ4v) is 3.10. The second-order valence-electron chi connectivity index (χ2n) is 7.64. The lowest BCUT2D eigenvalue weighted by molar-refractivity contribution is 0.383. The minimum Gasteiger partial charge on any atom is -0.496 e. The zero-order valence-electron chi connectivity index (χ0n) is 14.5. The maximum absolute atomic E-state index is 5.83. The van der Waals surface area contributed by atoms with Crippen LogP contribution in [-0.4, -0.2) is 7.11 Å². The molecule has 2 rings (SSSR count). The molecule has 1 aromatic rings. The van der Waals surface area contributed by atoms with Gasteiger partial charge in [-0.2, -0.15) is 0 Å². The van der Waals surface area contributed by atoms with Crippen molar-refractivity contribution in [2.45, 2.75) is 58.8 Å². The molecule has 0 aliphatic heterocycles. The van der Waals surface area contributed by atoms with Crippen LogP contribution in [0.4, 0.5) is 0 Å². The van der Waals surface area contributed by atoms with E-state index in [-0.39, 0.29) is 10.8 Å². The van der Waals surface area contributed by atoms with Gasteiger partial charge in [-0.15, -0.1) is 0 Å². The summed E-state index contributed by atoms with van der Waals surface area (Å²) >= 11 is 0. The van der Waals surface area contributed by atoms with E-state index >= 15 is 0 Å². The van der Waals surface area contributed by atoms with Crippen molar-refractivity contribution in [1.82, 2.24) is 0 Å². The molecule has 0 bridgehead atoms. The van der Waals surface area contributed by atoms with Gasteiger partial charge in [0.1, 0.15) is 5.75 Å². The lowest BCUT2D eigenvalue weighted by Crippen LogP contribution is -2.23. The second kappa shape index (κ2) is 5.36. The van der Waals surface area contributed by atoms with Crippen molar-refractivity contribution >= 4 is 0 Å². The van der Waals surface area contributed by atoms with E-state index in [1.807, 2.05) is 0 Å². The smallest absolute Gasteiger partial charge is 0.126 e. The summed E-state index contributed by atoms with van der Waals surface area (Å²) in [4.78, 5) is 0. The zero-order chi connectivity index (χ0) is 15.8. The fourth-order valence-electron chi connectivity index (χ4n) is 3.10. The van der Waals surface area contributed by atoms with Gasteiger partial charge < -0.3 is 4.74 Å². The molecule has 114 valence electrons. The highest BCUT2D eigenvalue weighted by Crippen LogP contribution is 2.44. The predicted molar refractivity (Wildman–Crippen MR) is 91.2 cm³/mol. The Kier molecular flexibility index (Phi) is 4.06. The van der Waals surface area contributed by atoms with Gasteiger partial charge in [0.25, 0.3) is 0 Å². The first-order chi connectivity index (χ1) is 9.67. The molecule has 0 N–H and O–H groups in total. The zero-order valence-corrected chi connectivity index (χ0v) is 14.5. The van der Waals surface area contributed by atoms with Gasteiger partial charge in [-0.05, 0) is 24.3 Å². The highest BCUT2D eigenvalue weighted by molar-refractivity contribution is 5.53. The monoisotopic (exact) mass is 284 g/mol. The van der Waals surface area contributed by atoms with Crippen molar-refractivity contribution in [3.05, 3.63) is 52.6 Å². The number of ether oxygens (including phenoxy) is 1. The third kappa shape index (κ3) is 2.92. The Labute approximate surface area is 129 Å². The van der Waals surface area contributed by atoms with Crippen LogP contribution in [0, 0.1) is 0 Å². The lowest BCUT2D eigenvalue weighted by Gasteiger charge is -2.32. The molecule has 0 amide bonds. The molecule has 0 radical (unpaired) electrons. The summed E-state index contributed by atoms with van der Waals surface area (Å²) in [6.07, 6.45) is 5.58. The molecule has 21 heavy (non-hydrogen) atoms. The van der Waals surface area contributed by atoms with Crippen LogP contribution in [0.2, 0.25) is 0 Å². The van der Waals surface area contributed by atoms with Gasteiger partial charge in [-0.1, -0.05) is 76.1 Å². The van der Waals surface area contributed by atoms with Gasteiger partial charge in [0, 0.05) is 11.0 Å². The number of allylic oxidation sites excluding steroid dienone is 4. The van der Waals surface area contributed by atoms with Crippen molar-refractivity contribution in [2.75, 3.05) is 7.11 Å². The Morgan fingerprint density at radius 1 is 0.952 bits per heavy atom. The third-order valence-electron chi connectivity index (χ3n) is 4.54. The van der Waals surface area contributed by atoms with E-state index in [4.69, 9.17) is 4.74 Å². The van der Waals surface area contributed by atoms with Gasteiger partial charge in [-0.25, -0.2) is 0 Å². The van der Waals surface area contributed by atoms with Crippen molar-refractivity contribution in [3.8, 4) is 5.75 Å². The topological polar surface area (TPSA) is 9.23 Å². The van der Waals surface area contributed by atoms with Gasteiger partial charge in [0.2, 0.25) is 0 Å². The van der Waals surface area contributed by atoms with E-state index in [1.165, 1.54) is 22.3 Å². The fraction of sp³-hybridized carbons (Fsp3) is 0.500. The van der Waals surface area contributed by atoms with Gasteiger partial charge >= 0.3 is 0 Å². The molecule has 1 nitrogen and oxygen atoms in total. The number of rotatable bonds is 3. The molecule has 0 spiro atoms. The first kappa shape index (κ1) is 15.9. The molecule has 0 saturated carbocycles. The number of hydrogen-bond donors (Lipinski definition) is 0. The van der Waals surface area contributed by atoms with Crippen LogP contribution in [0.1, 0.15) is 59.1 Å². The maximum atomic E-state index is 5.83. The van der Waals surface area contributed by atoms with Gasteiger partial charge in [-0.3, -0.25) is 0 Å². The first-order valence-electron chi connectivity index (χ1n) is 7.72. The van der Waals surface area contributed by atoms with Gasteiger partial charge in [0.05, 0.1) is 7.11 Å². The third-order valence-corrected chi connectivity index (χ3v) is 4.54. The van der Waals surface area contributed by atoms with Crippen LogP contribution in [0.5, 0.6) is 5.75 Å². The molecule has 0 atom stereocenters. The van der Waals surface area contributed by atoms with E-state index < -0.39 is 0 Å². The molecule has 0 fully saturated rings.